The molecule has 27 heavy (non-hydrogen) atoms. The van der Waals surface area contributed by atoms with Crippen LogP contribution >= 0.6 is 0 Å². The Hall–Kier alpha value is -2.63. The lowest BCUT2D eigenvalue weighted by Crippen LogP contribution is -2.39. The fourth-order valence-corrected chi connectivity index (χ4v) is 3.84. The lowest BCUT2D eigenvalue weighted by molar-refractivity contribution is 0.0906. The van der Waals surface area contributed by atoms with Crippen LogP contribution in [0.2, 0.25) is 0 Å². The third-order valence-electron chi connectivity index (χ3n) is 5.16. The Balaban J connectivity index is 1.52. The van der Waals surface area contributed by atoms with E-state index < -0.39 is 0 Å². The number of hydrogen-bond acceptors (Lipinski definition) is 6. The van der Waals surface area contributed by atoms with E-state index >= 15 is 0 Å². The van der Waals surface area contributed by atoms with Crippen LogP contribution in [-0.4, -0.2) is 35.6 Å². The van der Waals surface area contributed by atoms with E-state index in [2.05, 4.69) is 27.9 Å². The van der Waals surface area contributed by atoms with Crippen LogP contribution in [0.4, 0.5) is 5.82 Å². The zero-order valence-electron chi connectivity index (χ0n) is 15.9. The molecule has 0 saturated carbocycles. The summed E-state index contributed by atoms with van der Waals surface area (Å²) in [6.45, 7) is 5.92. The molecule has 0 amide bonds. The predicted octanol–water partition coefficient (Wildman–Crippen LogP) is 3.57. The first-order chi connectivity index (χ1) is 13.1. The highest BCUT2D eigenvalue weighted by molar-refractivity contribution is 5.99. The van der Waals surface area contributed by atoms with Crippen molar-refractivity contribution in [2.45, 2.75) is 39.5 Å². The van der Waals surface area contributed by atoms with Crippen molar-refractivity contribution in [1.29, 1.82) is 0 Å². The van der Waals surface area contributed by atoms with Crippen molar-refractivity contribution in [3.05, 3.63) is 41.3 Å². The summed E-state index contributed by atoms with van der Waals surface area (Å²) < 4.78 is 10.8. The summed E-state index contributed by atoms with van der Waals surface area (Å²) in [5, 5.41) is 0. The molecule has 0 unspecified atom stereocenters. The summed E-state index contributed by atoms with van der Waals surface area (Å²) in [5.74, 6) is 3.22. The summed E-state index contributed by atoms with van der Waals surface area (Å²) >= 11 is 0. The minimum absolute atomic E-state index is 0.0379. The van der Waals surface area contributed by atoms with Gasteiger partial charge in [0, 0.05) is 36.3 Å². The number of anilines is 1. The maximum absolute atomic E-state index is 13.1. The molecule has 6 nitrogen and oxygen atoms in total. The summed E-state index contributed by atoms with van der Waals surface area (Å²) in [5.41, 5.74) is 1.76. The van der Waals surface area contributed by atoms with Gasteiger partial charge in [-0.2, -0.15) is 0 Å². The molecule has 1 aromatic carbocycles. The number of ether oxygens (including phenoxy) is 2. The van der Waals surface area contributed by atoms with Crippen LogP contribution in [0.25, 0.3) is 0 Å². The fourth-order valence-electron chi connectivity index (χ4n) is 3.84. The highest BCUT2D eigenvalue weighted by atomic mass is 16.7. The fraction of sp³-hybridized carbons (Fsp3) is 0.476. The minimum Gasteiger partial charge on any atom is -0.454 e. The second-order valence-electron chi connectivity index (χ2n) is 7.23. The Morgan fingerprint density at radius 1 is 1.22 bits per heavy atom. The highest BCUT2D eigenvalue weighted by Crippen LogP contribution is 2.34. The molecule has 2 aliphatic rings. The molecule has 1 atom stereocenters. The number of hydrogen-bond donors (Lipinski definition) is 0. The number of nitrogens with zero attached hydrogens (tertiary/aromatic N) is 3. The number of benzene rings is 1. The van der Waals surface area contributed by atoms with Crippen molar-refractivity contribution in [2.75, 3.05) is 24.8 Å². The Morgan fingerprint density at radius 3 is 2.93 bits per heavy atom. The largest absolute Gasteiger partial charge is 0.454 e. The van der Waals surface area contributed by atoms with Gasteiger partial charge in [0.25, 0.3) is 0 Å². The molecular weight excluding hydrogens is 342 g/mol. The Morgan fingerprint density at radius 2 is 2.07 bits per heavy atom. The van der Waals surface area contributed by atoms with Crippen LogP contribution in [-0.2, 0) is 6.42 Å². The SMILES string of the molecule is CCCc1cc(N2CCC[C@H](C(=O)c3ccc4c(c3)OCO4)C2)nc(C)n1. The van der Waals surface area contributed by atoms with Crippen LogP contribution < -0.4 is 14.4 Å². The van der Waals surface area contributed by atoms with Gasteiger partial charge in [0.2, 0.25) is 6.79 Å². The van der Waals surface area contributed by atoms with Gasteiger partial charge in [-0.3, -0.25) is 4.79 Å². The van der Waals surface area contributed by atoms with Gasteiger partial charge in [0.15, 0.2) is 17.3 Å². The number of fused-ring (bicyclic) bond motifs is 1. The first-order valence-electron chi connectivity index (χ1n) is 9.67. The predicted molar refractivity (Wildman–Crippen MR) is 103 cm³/mol. The van der Waals surface area contributed by atoms with Crippen LogP contribution in [0, 0.1) is 12.8 Å². The molecule has 142 valence electrons. The number of rotatable bonds is 5. The summed E-state index contributed by atoms with van der Waals surface area (Å²) in [7, 11) is 0. The van der Waals surface area contributed by atoms with E-state index in [4.69, 9.17) is 9.47 Å². The van der Waals surface area contributed by atoms with Gasteiger partial charge < -0.3 is 14.4 Å². The maximum Gasteiger partial charge on any atom is 0.231 e. The van der Waals surface area contributed by atoms with Crippen molar-refractivity contribution in [3.8, 4) is 11.5 Å². The zero-order chi connectivity index (χ0) is 18.8. The number of Topliss-reactive ketones (excluding diaryl/α,β-unsaturated/α-hetero) is 1. The van der Waals surface area contributed by atoms with Gasteiger partial charge in [-0.15, -0.1) is 0 Å². The normalized spacial score (nSPS) is 18.6. The maximum atomic E-state index is 13.1. The Labute approximate surface area is 159 Å². The van der Waals surface area contributed by atoms with E-state index in [1.165, 1.54) is 0 Å². The van der Waals surface area contributed by atoms with E-state index in [-0.39, 0.29) is 18.5 Å². The van der Waals surface area contributed by atoms with Crippen LogP contribution in [0.3, 0.4) is 0 Å². The van der Waals surface area contributed by atoms with Gasteiger partial charge in [0.05, 0.1) is 0 Å². The van der Waals surface area contributed by atoms with Crippen molar-refractivity contribution in [1.82, 2.24) is 9.97 Å². The van der Waals surface area contributed by atoms with Crippen LogP contribution in [0.5, 0.6) is 11.5 Å². The second kappa shape index (κ2) is 7.55. The average molecular weight is 367 g/mol. The molecule has 1 saturated heterocycles. The molecule has 2 aromatic rings. The molecule has 0 N–H and O–H groups in total. The molecule has 1 aromatic heterocycles. The topological polar surface area (TPSA) is 64.6 Å². The molecule has 4 rings (SSSR count). The molecule has 0 radical (unpaired) electrons. The summed E-state index contributed by atoms with van der Waals surface area (Å²) in [4.78, 5) is 24.4. The van der Waals surface area contributed by atoms with Gasteiger partial charge in [-0.25, -0.2) is 9.97 Å². The van der Waals surface area contributed by atoms with E-state index in [0.29, 0.717) is 23.6 Å². The molecular formula is C21H25N3O3. The van der Waals surface area contributed by atoms with Crippen molar-refractivity contribution >= 4 is 11.6 Å². The minimum atomic E-state index is -0.0379. The number of ketones is 1. The van der Waals surface area contributed by atoms with Crippen molar-refractivity contribution < 1.29 is 14.3 Å². The van der Waals surface area contributed by atoms with E-state index in [1.54, 1.807) is 6.07 Å². The van der Waals surface area contributed by atoms with E-state index in [9.17, 15) is 4.79 Å². The standard InChI is InChI=1S/C21H25N3O3/c1-3-5-17-11-20(23-14(2)22-17)24-9-4-6-16(12-24)21(25)15-7-8-18-19(10-15)27-13-26-18/h7-8,10-11,16H,3-6,9,12-13H2,1-2H3/t16-/m0/s1. The average Bonchev–Trinajstić information content (AvgIpc) is 3.15. The van der Waals surface area contributed by atoms with Crippen molar-refractivity contribution in [2.24, 2.45) is 5.92 Å². The zero-order valence-corrected chi connectivity index (χ0v) is 15.9. The summed E-state index contributed by atoms with van der Waals surface area (Å²) in [6, 6.07) is 7.53. The lowest BCUT2D eigenvalue weighted by atomic mass is 9.90. The number of aryl methyl sites for hydroxylation is 2. The molecule has 6 heteroatoms. The Bertz CT molecular complexity index is 853. The molecule has 3 heterocycles. The van der Waals surface area contributed by atoms with E-state index in [0.717, 1.165) is 49.6 Å². The third kappa shape index (κ3) is 3.75. The molecule has 0 bridgehead atoms. The van der Waals surface area contributed by atoms with Crippen molar-refractivity contribution in [3.63, 3.8) is 0 Å². The lowest BCUT2D eigenvalue weighted by Gasteiger charge is -2.33. The second-order valence-corrected chi connectivity index (χ2v) is 7.23. The number of carbonyl (C=O) groups excluding carboxylic acids is 1. The first kappa shape index (κ1) is 17.8. The third-order valence-corrected chi connectivity index (χ3v) is 5.16. The van der Waals surface area contributed by atoms with Gasteiger partial charge in [-0.05, 0) is 44.4 Å². The van der Waals surface area contributed by atoms with Gasteiger partial charge >= 0.3 is 0 Å². The Kier molecular flexibility index (Phi) is 4.97. The first-order valence-corrected chi connectivity index (χ1v) is 9.67. The monoisotopic (exact) mass is 367 g/mol. The molecule has 1 fully saturated rings. The molecule has 0 spiro atoms. The number of carbonyl (C=O) groups is 1. The number of aromatic nitrogens is 2. The summed E-state index contributed by atoms with van der Waals surface area (Å²) in [6.07, 6.45) is 3.88. The molecule has 2 aliphatic heterocycles. The van der Waals surface area contributed by atoms with Crippen LogP contribution in [0.1, 0.15) is 48.1 Å². The number of piperidine rings is 1. The van der Waals surface area contributed by atoms with E-state index in [1.807, 2.05) is 19.1 Å². The molecule has 0 aliphatic carbocycles. The quantitative estimate of drug-likeness (QED) is 0.753. The van der Waals surface area contributed by atoms with Gasteiger partial charge in [0.1, 0.15) is 11.6 Å². The van der Waals surface area contributed by atoms with Crippen LogP contribution in [0.15, 0.2) is 24.3 Å². The highest BCUT2D eigenvalue weighted by Gasteiger charge is 2.28. The smallest absolute Gasteiger partial charge is 0.231 e. The van der Waals surface area contributed by atoms with Gasteiger partial charge in [-0.1, -0.05) is 13.3 Å².